The molecule has 1 aliphatic heterocycles. The van der Waals surface area contributed by atoms with Gasteiger partial charge < -0.3 is 14.6 Å². The highest BCUT2D eigenvalue weighted by Gasteiger charge is 2.29. The number of aromatic nitrogens is 2. The van der Waals surface area contributed by atoms with E-state index in [1.165, 1.54) is 55.5 Å². The van der Waals surface area contributed by atoms with Crippen molar-refractivity contribution in [3.05, 3.63) is 64.2 Å². The van der Waals surface area contributed by atoms with Crippen LogP contribution in [0.25, 0.3) is 11.3 Å². The van der Waals surface area contributed by atoms with E-state index in [9.17, 15) is 4.79 Å². The van der Waals surface area contributed by atoms with E-state index in [1.807, 2.05) is 11.6 Å². The van der Waals surface area contributed by atoms with Crippen LogP contribution >= 0.6 is 0 Å². The van der Waals surface area contributed by atoms with Crippen LogP contribution in [-0.2, 0) is 19.4 Å². The summed E-state index contributed by atoms with van der Waals surface area (Å²) in [4.78, 5) is 15.5. The molecule has 6 heteroatoms. The Bertz CT molecular complexity index is 1130. The van der Waals surface area contributed by atoms with Crippen molar-refractivity contribution >= 4 is 5.91 Å². The Labute approximate surface area is 202 Å². The molecule has 0 bridgehead atoms. The van der Waals surface area contributed by atoms with Gasteiger partial charge in [0.25, 0.3) is 5.91 Å². The number of aryl methyl sites for hydroxylation is 3. The molecule has 180 valence electrons. The summed E-state index contributed by atoms with van der Waals surface area (Å²) in [5.74, 6) is 1.23. The molecule has 0 spiro atoms. The Morgan fingerprint density at radius 2 is 1.82 bits per heavy atom. The standard InChI is InChI=1S/C28H36N4O2/c1-20-8-10-22(11-9-20)18-32-19-23-12-13-24-25(26(23)30-32)21(2)27(34-24)28(33)29-14-7-17-31-15-5-3-4-6-16-31/h8-11,19H,3-7,12-18H2,1-2H3,(H,29,33). The van der Waals surface area contributed by atoms with Crippen molar-refractivity contribution in [2.75, 3.05) is 26.2 Å². The number of fused-ring (bicyclic) bond motifs is 3. The first-order chi connectivity index (χ1) is 16.6. The van der Waals surface area contributed by atoms with E-state index in [-0.39, 0.29) is 5.91 Å². The van der Waals surface area contributed by atoms with Crippen LogP contribution in [0.4, 0.5) is 0 Å². The average molecular weight is 461 g/mol. The van der Waals surface area contributed by atoms with Crippen molar-refractivity contribution < 1.29 is 9.21 Å². The summed E-state index contributed by atoms with van der Waals surface area (Å²) in [6.45, 7) is 8.94. The van der Waals surface area contributed by atoms with Gasteiger partial charge in [0.05, 0.1) is 12.2 Å². The number of hydrogen-bond acceptors (Lipinski definition) is 4. The summed E-state index contributed by atoms with van der Waals surface area (Å²) in [6, 6.07) is 8.57. The van der Waals surface area contributed by atoms with Gasteiger partial charge in [-0.15, -0.1) is 0 Å². The van der Waals surface area contributed by atoms with Crippen LogP contribution in [0.2, 0.25) is 0 Å². The van der Waals surface area contributed by atoms with Gasteiger partial charge in [-0.25, -0.2) is 0 Å². The third kappa shape index (κ3) is 4.97. The summed E-state index contributed by atoms with van der Waals surface area (Å²) >= 11 is 0. The molecule has 3 heterocycles. The largest absolute Gasteiger partial charge is 0.455 e. The van der Waals surface area contributed by atoms with E-state index >= 15 is 0 Å². The van der Waals surface area contributed by atoms with Gasteiger partial charge in [-0.05, 0) is 70.3 Å². The second kappa shape index (κ2) is 10.2. The highest BCUT2D eigenvalue weighted by atomic mass is 16.4. The molecule has 6 nitrogen and oxygen atoms in total. The molecule has 3 aromatic rings. The Morgan fingerprint density at radius 3 is 2.59 bits per heavy atom. The van der Waals surface area contributed by atoms with Gasteiger partial charge in [-0.3, -0.25) is 9.48 Å². The molecule has 0 saturated carbocycles. The van der Waals surface area contributed by atoms with Gasteiger partial charge in [0.2, 0.25) is 0 Å². The van der Waals surface area contributed by atoms with Crippen LogP contribution in [0.1, 0.15) is 70.7 Å². The van der Waals surface area contributed by atoms with Gasteiger partial charge >= 0.3 is 0 Å². The van der Waals surface area contributed by atoms with E-state index in [4.69, 9.17) is 9.52 Å². The first-order valence-electron chi connectivity index (χ1n) is 12.8. The van der Waals surface area contributed by atoms with Gasteiger partial charge in [0.15, 0.2) is 5.76 Å². The quantitative estimate of drug-likeness (QED) is 0.509. The monoisotopic (exact) mass is 460 g/mol. The minimum atomic E-state index is -0.108. The Kier molecular flexibility index (Phi) is 6.86. The molecule has 0 atom stereocenters. The molecule has 1 fully saturated rings. The number of carbonyl (C=O) groups is 1. The number of likely N-dealkylation sites (tertiary alicyclic amines) is 1. The average Bonchev–Trinajstić information content (AvgIpc) is 3.28. The SMILES string of the molecule is Cc1ccc(Cn2cc3c(n2)-c2c(oc(C(=O)NCCCN4CCCCCC4)c2C)CC3)cc1. The number of hydrogen-bond donors (Lipinski definition) is 1. The van der Waals surface area contributed by atoms with E-state index in [0.29, 0.717) is 12.3 Å². The number of carbonyl (C=O) groups excluding carboxylic acids is 1. The van der Waals surface area contributed by atoms with Gasteiger partial charge in [-0.2, -0.15) is 5.10 Å². The smallest absolute Gasteiger partial charge is 0.287 e. The van der Waals surface area contributed by atoms with E-state index in [0.717, 1.165) is 54.9 Å². The van der Waals surface area contributed by atoms with E-state index in [2.05, 4.69) is 47.6 Å². The normalized spacial score (nSPS) is 16.1. The molecule has 1 aliphatic carbocycles. The zero-order chi connectivity index (χ0) is 23.5. The van der Waals surface area contributed by atoms with Crippen molar-refractivity contribution in [3.63, 3.8) is 0 Å². The number of rotatable bonds is 7. The molecular formula is C28H36N4O2. The number of nitrogens with zero attached hydrogens (tertiary/aromatic N) is 3. The molecule has 1 aromatic carbocycles. The summed E-state index contributed by atoms with van der Waals surface area (Å²) < 4.78 is 8.10. The maximum absolute atomic E-state index is 12.9. The Morgan fingerprint density at radius 1 is 1.06 bits per heavy atom. The molecule has 2 aliphatic rings. The summed E-state index contributed by atoms with van der Waals surface area (Å²) in [5, 5.41) is 7.98. The highest BCUT2D eigenvalue weighted by molar-refractivity contribution is 5.95. The van der Waals surface area contributed by atoms with Crippen LogP contribution < -0.4 is 5.32 Å². The van der Waals surface area contributed by atoms with Gasteiger partial charge in [0, 0.05) is 30.3 Å². The zero-order valence-corrected chi connectivity index (χ0v) is 20.5. The van der Waals surface area contributed by atoms with Crippen LogP contribution in [0.3, 0.4) is 0 Å². The summed E-state index contributed by atoms with van der Waals surface area (Å²) in [5.41, 5.74) is 6.60. The highest BCUT2D eigenvalue weighted by Crippen LogP contribution is 2.38. The van der Waals surface area contributed by atoms with Crippen molar-refractivity contribution in [1.82, 2.24) is 20.0 Å². The van der Waals surface area contributed by atoms with Crippen molar-refractivity contribution in [3.8, 4) is 11.3 Å². The Balaban J connectivity index is 1.24. The fraction of sp³-hybridized carbons (Fsp3) is 0.500. The first kappa shape index (κ1) is 22.9. The number of nitrogens with one attached hydrogen (secondary N) is 1. The maximum Gasteiger partial charge on any atom is 0.287 e. The topological polar surface area (TPSA) is 63.3 Å². The lowest BCUT2D eigenvalue weighted by molar-refractivity contribution is 0.0921. The van der Waals surface area contributed by atoms with Crippen LogP contribution in [0, 0.1) is 13.8 Å². The molecule has 34 heavy (non-hydrogen) atoms. The maximum atomic E-state index is 12.9. The van der Waals surface area contributed by atoms with Gasteiger partial charge in [-0.1, -0.05) is 42.7 Å². The molecule has 1 N–H and O–H groups in total. The van der Waals surface area contributed by atoms with Crippen molar-refractivity contribution in [2.24, 2.45) is 0 Å². The van der Waals surface area contributed by atoms with Crippen LogP contribution in [0.15, 0.2) is 34.9 Å². The van der Waals surface area contributed by atoms with Crippen LogP contribution in [-0.4, -0.2) is 46.8 Å². The number of amides is 1. The van der Waals surface area contributed by atoms with E-state index < -0.39 is 0 Å². The summed E-state index contributed by atoms with van der Waals surface area (Å²) in [6.07, 6.45) is 10.1. The minimum Gasteiger partial charge on any atom is -0.455 e. The molecule has 2 aromatic heterocycles. The van der Waals surface area contributed by atoms with E-state index in [1.54, 1.807) is 0 Å². The summed E-state index contributed by atoms with van der Waals surface area (Å²) in [7, 11) is 0. The molecular weight excluding hydrogens is 424 g/mol. The second-order valence-corrected chi connectivity index (χ2v) is 9.91. The van der Waals surface area contributed by atoms with Crippen molar-refractivity contribution in [1.29, 1.82) is 0 Å². The van der Waals surface area contributed by atoms with Crippen LogP contribution in [0.5, 0.6) is 0 Å². The molecule has 5 rings (SSSR count). The van der Waals surface area contributed by atoms with Gasteiger partial charge in [0.1, 0.15) is 5.76 Å². The fourth-order valence-electron chi connectivity index (χ4n) is 5.29. The number of furan rings is 1. The second-order valence-electron chi connectivity index (χ2n) is 9.91. The lowest BCUT2D eigenvalue weighted by atomic mass is 9.93. The lowest BCUT2D eigenvalue weighted by Gasteiger charge is -2.19. The lowest BCUT2D eigenvalue weighted by Crippen LogP contribution is -2.30. The third-order valence-electron chi connectivity index (χ3n) is 7.22. The zero-order valence-electron chi connectivity index (χ0n) is 20.5. The number of benzene rings is 1. The molecule has 1 saturated heterocycles. The molecule has 0 radical (unpaired) electrons. The minimum absolute atomic E-state index is 0.108. The predicted octanol–water partition coefficient (Wildman–Crippen LogP) is 4.90. The molecule has 1 amide bonds. The molecule has 0 unspecified atom stereocenters. The first-order valence-corrected chi connectivity index (χ1v) is 12.8. The predicted molar refractivity (Wildman–Crippen MR) is 134 cm³/mol. The Hall–Kier alpha value is -2.86. The third-order valence-corrected chi connectivity index (χ3v) is 7.22. The fourth-order valence-corrected chi connectivity index (χ4v) is 5.29. The van der Waals surface area contributed by atoms with Crippen molar-refractivity contribution in [2.45, 2.75) is 65.3 Å².